The SMILES string of the molecule is CC1CC2CC(C)C3(c4ccccc4-c4c(N(c5ccccc5)c5ccc6ccc7c(N(c8ccccc8)c8ccc9c(c8)-c8ccccc8C98C9CC%10CC(C9)CC8C%10)ccc8ccc5c6c87)cccc43)C(C1)C2. The Morgan fingerprint density at radius 3 is 1.53 bits per heavy atom. The Labute approximate surface area is 442 Å². The fourth-order valence-corrected chi connectivity index (χ4v) is 19.4. The molecule has 5 unspecified atom stereocenters. The summed E-state index contributed by atoms with van der Waals surface area (Å²) in [5.41, 5.74) is 19.6. The maximum Gasteiger partial charge on any atom is 0.0543 e. The molecule has 0 N–H and O–H groups in total. The summed E-state index contributed by atoms with van der Waals surface area (Å²) in [5.74, 6) is 6.14. The van der Waals surface area contributed by atoms with Crippen molar-refractivity contribution in [3.05, 3.63) is 216 Å². The van der Waals surface area contributed by atoms with Crippen LogP contribution in [0.5, 0.6) is 0 Å². The fourth-order valence-electron chi connectivity index (χ4n) is 19.4. The molecule has 10 aromatic rings. The van der Waals surface area contributed by atoms with E-state index in [0.29, 0.717) is 11.8 Å². The van der Waals surface area contributed by atoms with Crippen molar-refractivity contribution in [1.29, 1.82) is 0 Å². The van der Waals surface area contributed by atoms with Crippen LogP contribution in [0.25, 0.3) is 54.6 Å². The Morgan fingerprint density at radius 1 is 0.347 bits per heavy atom. The fraction of sp³-hybridized carbons (Fsp3) is 0.288. The van der Waals surface area contributed by atoms with Gasteiger partial charge in [0.15, 0.2) is 0 Å². The van der Waals surface area contributed by atoms with E-state index in [-0.39, 0.29) is 10.8 Å². The predicted octanol–water partition coefficient (Wildman–Crippen LogP) is 19.6. The van der Waals surface area contributed by atoms with Gasteiger partial charge in [0.05, 0.1) is 17.1 Å². The Balaban J connectivity index is 0.860. The summed E-state index contributed by atoms with van der Waals surface area (Å²) in [4.78, 5) is 5.19. The van der Waals surface area contributed by atoms with Gasteiger partial charge in [-0.15, -0.1) is 0 Å². The zero-order chi connectivity index (χ0) is 49.3. The van der Waals surface area contributed by atoms with E-state index in [0.717, 1.165) is 35.5 Å². The molecule has 2 heteroatoms. The number of hydrogen-bond acceptors (Lipinski definition) is 2. The molecule has 0 heterocycles. The van der Waals surface area contributed by atoms with Gasteiger partial charge in [-0.05, 0) is 220 Å². The normalized spacial score (nSPS) is 28.3. The number of benzene rings is 10. The van der Waals surface area contributed by atoms with Crippen LogP contribution in [-0.4, -0.2) is 0 Å². The van der Waals surface area contributed by atoms with Gasteiger partial charge in [0.25, 0.3) is 0 Å². The summed E-state index contributed by atoms with van der Waals surface area (Å²) < 4.78 is 0. The first-order valence-electron chi connectivity index (χ1n) is 28.9. The number of rotatable bonds is 6. The standard InChI is InChI=1S/C73H64N2/c1-44-34-46-36-45(2)72(51(35-44)38-46)63-21-12-10-19-58(63)71-65(72)22-13-23-68(71)75(55-16-7-4-8-17-55)67-33-27-50-24-29-59-66(32-26-49-25-30-60(67)70(50)69(49)59)74(54-14-5-3-6-15-54)56-28-31-64-61(43-56)57-18-9-11-20-62(57)73(64)52-39-47-37-48(41-52)42-53(73)40-47/h3-33,43-48,51-53H,34-42H2,1-2H3. The Hall–Kier alpha value is -7.16. The van der Waals surface area contributed by atoms with Crippen LogP contribution in [0.4, 0.5) is 34.1 Å². The number of nitrogens with zero attached hydrogens (tertiary/aromatic N) is 2. The largest absolute Gasteiger partial charge is 0.310 e. The van der Waals surface area contributed by atoms with Crippen LogP contribution >= 0.6 is 0 Å². The molecule has 6 bridgehead atoms. The molecule has 366 valence electrons. The van der Waals surface area contributed by atoms with Crippen LogP contribution in [0.3, 0.4) is 0 Å². The highest BCUT2D eigenvalue weighted by molar-refractivity contribution is 6.28. The molecular formula is C73H64N2. The van der Waals surface area contributed by atoms with E-state index in [2.05, 4.69) is 218 Å². The van der Waals surface area contributed by atoms with Crippen molar-refractivity contribution >= 4 is 66.4 Å². The van der Waals surface area contributed by atoms with Crippen molar-refractivity contribution in [2.75, 3.05) is 9.80 Å². The summed E-state index contributed by atoms with van der Waals surface area (Å²) >= 11 is 0. The third-order valence-corrected chi connectivity index (χ3v) is 21.4. The summed E-state index contributed by atoms with van der Waals surface area (Å²) in [7, 11) is 0. The quantitative estimate of drug-likeness (QED) is 0.153. The van der Waals surface area contributed by atoms with Gasteiger partial charge in [0, 0.05) is 44.2 Å². The van der Waals surface area contributed by atoms with Crippen LogP contribution in [0.15, 0.2) is 194 Å². The van der Waals surface area contributed by atoms with Crippen molar-refractivity contribution in [3.63, 3.8) is 0 Å². The molecular weight excluding hydrogens is 905 g/mol. The third kappa shape index (κ3) is 5.71. The summed E-state index contributed by atoms with van der Waals surface area (Å²) in [5, 5.41) is 7.77. The molecule has 0 saturated heterocycles. The molecule has 8 aliphatic rings. The molecule has 2 nitrogen and oxygen atoms in total. The lowest BCUT2D eigenvalue weighted by Crippen LogP contribution is -2.55. The third-order valence-electron chi connectivity index (χ3n) is 21.4. The van der Waals surface area contributed by atoms with Gasteiger partial charge in [-0.1, -0.05) is 153 Å². The minimum Gasteiger partial charge on any atom is -0.310 e. The molecule has 2 spiro atoms. The first-order chi connectivity index (χ1) is 37.0. The highest BCUT2D eigenvalue weighted by Crippen LogP contribution is 2.70. The maximum absolute atomic E-state index is 2.62. The Kier molecular flexibility index (Phi) is 9.03. The zero-order valence-corrected chi connectivity index (χ0v) is 43.4. The molecule has 18 rings (SSSR count). The van der Waals surface area contributed by atoms with Crippen molar-refractivity contribution < 1.29 is 0 Å². The Bertz CT molecular complexity index is 3910. The second-order valence-corrected chi connectivity index (χ2v) is 25.0. The molecule has 6 saturated carbocycles. The number of fused-ring (bicyclic) bond motifs is 11. The average Bonchev–Trinajstić information content (AvgIpc) is 3.94. The van der Waals surface area contributed by atoms with Crippen molar-refractivity contribution in [2.24, 2.45) is 47.3 Å². The summed E-state index contributed by atoms with van der Waals surface area (Å²) in [6, 6.07) is 75.8. The van der Waals surface area contributed by atoms with E-state index in [1.165, 1.54) is 146 Å². The zero-order valence-electron chi connectivity index (χ0n) is 43.4. The highest BCUT2D eigenvalue weighted by atomic mass is 15.2. The smallest absolute Gasteiger partial charge is 0.0543 e. The topological polar surface area (TPSA) is 6.48 Å². The van der Waals surface area contributed by atoms with Gasteiger partial charge >= 0.3 is 0 Å². The first kappa shape index (κ1) is 43.1. The molecule has 8 aliphatic carbocycles. The highest BCUT2D eigenvalue weighted by Gasteiger charge is 2.62. The molecule has 6 fully saturated rings. The number of anilines is 6. The van der Waals surface area contributed by atoms with Crippen LogP contribution < -0.4 is 9.80 Å². The summed E-state index contributed by atoms with van der Waals surface area (Å²) in [6.45, 7) is 5.12. The number of hydrogen-bond donors (Lipinski definition) is 0. The van der Waals surface area contributed by atoms with E-state index >= 15 is 0 Å². The van der Waals surface area contributed by atoms with E-state index in [9.17, 15) is 0 Å². The van der Waals surface area contributed by atoms with E-state index in [4.69, 9.17) is 0 Å². The second kappa shape index (κ2) is 15.7. The van der Waals surface area contributed by atoms with E-state index in [1.807, 2.05) is 0 Å². The van der Waals surface area contributed by atoms with Gasteiger partial charge in [0.2, 0.25) is 0 Å². The van der Waals surface area contributed by atoms with Gasteiger partial charge < -0.3 is 9.80 Å². The van der Waals surface area contributed by atoms with E-state index < -0.39 is 0 Å². The summed E-state index contributed by atoms with van der Waals surface area (Å²) in [6.07, 6.45) is 12.4. The lowest BCUT2D eigenvalue weighted by atomic mass is 9.43. The predicted molar refractivity (Wildman–Crippen MR) is 313 cm³/mol. The van der Waals surface area contributed by atoms with Crippen molar-refractivity contribution in [2.45, 2.75) is 82.5 Å². The van der Waals surface area contributed by atoms with Gasteiger partial charge in [0.1, 0.15) is 0 Å². The monoisotopic (exact) mass is 969 g/mol. The van der Waals surface area contributed by atoms with Crippen molar-refractivity contribution in [1.82, 2.24) is 0 Å². The molecule has 0 aliphatic heterocycles. The van der Waals surface area contributed by atoms with Crippen LogP contribution in [0, 0.1) is 47.3 Å². The lowest BCUT2D eigenvalue weighted by molar-refractivity contribution is -0.0399. The van der Waals surface area contributed by atoms with Crippen molar-refractivity contribution in [3.8, 4) is 22.3 Å². The molecule has 0 amide bonds. The second-order valence-electron chi connectivity index (χ2n) is 25.0. The van der Waals surface area contributed by atoms with Gasteiger partial charge in [-0.25, -0.2) is 0 Å². The van der Waals surface area contributed by atoms with Gasteiger partial charge in [-0.2, -0.15) is 0 Å². The van der Waals surface area contributed by atoms with E-state index in [1.54, 1.807) is 22.3 Å². The molecule has 5 atom stereocenters. The maximum atomic E-state index is 2.62. The Morgan fingerprint density at radius 2 is 0.867 bits per heavy atom. The molecule has 0 radical (unpaired) electrons. The van der Waals surface area contributed by atoms with Gasteiger partial charge in [-0.3, -0.25) is 0 Å². The van der Waals surface area contributed by atoms with Crippen LogP contribution in [-0.2, 0) is 10.8 Å². The lowest BCUT2D eigenvalue weighted by Gasteiger charge is -2.61. The number of para-hydroxylation sites is 2. The first-order valence-corrected chi connectivity index (χ1v) is 28.9. The molecule has 0 aromatic heterocycles. The minimum atomic E-state index is 0.0119. The molecule has 10 aromatic carbocycles. The minimum absolute atomic E-state index is 0.0119. The average molecular weight is 969 g/mol. The van der Waals surface area contributed by atoms with Crippen LogP contribution in [0.1, 0.15) is 93.9 Å². The molecule has 75 heavy (non-hydrogen) atoms. The van der Waals surface area contributed by atoms with Crippen LogP contribution in [0.2, 0.25) is 0 Å².